The van der Waals surface area contributed by atoms with Crippen LogP contribution in [0.15, 0.2) is 42.6 Å². The van der Waals surface area contributed by atoms with E-state index in [0.29, 0.717) is 28.7 Å². The monoisotopic (exact) mass is 422 g/mol. The van der Waals surface area contributed by atoms with Crippen LogP contribution < -0.4 is 20.1 Å². The molecule has 0 saturated carbocycles. The van der Waals surface area contributed by atoms with Gasteiger partial charge in [0.25, 0.3) is 5.91 Å². The minimum atomic E-state index is -0.309. The van der Waals surface area contributed by atoms with E-state index in [0.717, 1.165) is 29.1 Å². The van der Waals surface area contributed by atoms with E-state index in [1.165, 1.54) is 11.3 Å². The van der Waals surface area contributed by atoms with Crippen LogP contribution in [-0.4, -0.2) is 28.6 Å². The van der Waals surface area contributed by atoms with Crippen molar-refractivity contribution in [2.45, 2.75) is 25.3 Å². The van der Waals surface area contributed by atoms with Crippen LogP contribution in [0.25, 0.3) is 0 Å². The number of carbonyl (C=O) groups excluding carboxylic acids is 2. The van der Waals surface area contributed by atoms with Crippen molar-refractivity contribution in [2.24, 2.45) is 0 Å². The summed E-state index contributed by atoms with van der Waals surface area (Å²) in [6.07, 6.45) is 3.19. The van der Waals surface area contributed by atoms with Crippen LogP contribution in [0.2, 0.25) is 0 Å². The summed E-state index contributed by atoms with van der Waals surface area (Å²) >= 11 is 1.41. The normalized spacial score (nSPS) is 16.2. The Bertz CT molecular complexity index is 1120. The third-order valence-corrected chi connectivity index (χ3v) is 6.11. The molecule has 2 aromatic heterocycles. The molecule has 0 fully saturated rings. The van der Waals surface area contributed by atoms with E-state index >= 15 is 0 Å². The fraction of sp³-hybridized carbons (Fsp3) is 0.238. The molecular formula is C21H18N4O4S. The molecule has 2 amide bonds. The second-order valence-electron chi connectivity index (χ2n) is 6.98. The van der Waals surface area contributed by atoms with Crippen LogP contribution in [-0.2, 0) is 17.8 Å². The molecule has 0 bridgehead atoms. The van der Waals surface area contributed by atoms with E-state index in [1.807, 2.05) is 18.2 Å². The minimum Gasteiger partial charge on any atom is -0.454 e. The maximum atomic E-state index is 12.7. The van der Waals surface area contributed by atoms with E-state index < -0.39 is 0 Å². The number of fused-ring (bicyclic) bond motifs is 2. The van der Waals surface area contributed by atoms with Crippen molar-refractivity contribution in [1.82, 2.24) is 15.3 Å². The summed E-state index contributed by atoms with van der Waals surface area (Å²) in [5.74, 6) is 0.514. The highest BCUT2D eigenvalue weighted by atomic mass is 32.1. The van der Waals surface area contributed by atoms with Gasteiger partial charge in [0.15, 0.2) is 16.6 Å². The van der Waals surface area contributed by atoms with Crippen molar-refractivity contribution in [1.29, 1.82) is 0 Å². The lowest BCUT2D eigenvalue weighted by atomic mass is 10.1. The van der Waals surface area contributed by atoms with Crippen molar-refractivity contribution in [2.75, 3.05) is 12.1 Å². The van der Waals surface area contributed by atoms with Gasteiger partial charge in [-0.25, -0.2) is 4.98 Å². The van der Waals surface area contributed by atoms with Gasteiger partial charge < -0.3 is 14.8 Å². The van der Waals surface area contributed by atoms with Crippen molar-refractivity contribution < 1.29 is 19.1 Å². The predicted octanol–water partition coefficient (Wildman–Crippen LogP) is 2.87. The number of amides is 2. The van der Waals surface area contributed by atoms with Gasteiger partial charge in [-0.3, -0.25) is 19.9 Å². The number of aromatic nitrogens is 2. The van der Waals surface area contributed by atoms with Gasteiger partial charge >= 0.3 is 0 Å². The number of benzene rings is 1. The first kappa shape index (κ1) is 18.6. The van der Waals surface area contributed by atoms with E-state index in [1.54, 1.807) is 24.4 Å². The number of nitrogens with one attached hydrogen (secondary N) is 2. The summed E-state index contributed by atoms with van der Waals surface area (Å²) in [7, 11) is 0. The van der Waals surface area contributed by atoms with Gasteiger partial charge in [-0.2, -0.15) is 0 Å². The number of ether oxygens (including phenoxy) is 2. The molecule has 1 aliphatic carbocycles. The zero-order chi connectivity index (χ0) is 20.5. The van der Waals surface area contributed by atoms with Crippen LogP contribution >= 0.6 is 11.3 Å². The van der Waals surface area contributed by atoms with Crippen molar-refractivity contribution in [3.05, 3.63) is 64.4 Å². The molecule has 9 heteroatoms. The van der Waals surface area contributed by atoms with E-state index in [2.05, 4.69) is 20.6 Å². The molecule has 5 rings (SSSR count). The summed E-state index contributed by atoms with van der Waals surface area (Å²) < 4.78 is 10.6. The van der Waals surface area contributed by atoms with E-state index in [4.69, 9.17) is 9.47 Å². The fourth-order valence-electron chi connectivity index (χ4n) is 3.55. The second-order valence-corrected chi connectivity index (χ2v) is 8.06. The number of thiazole rings is 1. The Hall–Kier alpha value is -3.46. The largest absolute Gasteiger partial charge is 0.454 e. The lowest BCUT2D eigenvalue weighted by molar-refractivity contribution is -0.122. The Labute approximate surface area is 176 Å². The number of nitrogens with zero attached hydrogens (tertiary/aromatic N) is 2. The molecular weight excluding hydrogens is 404 g/mol. The molecule has 1 atom stereocenters. The molecule has 152 valence electrons. The molecule has 0 radical (unpaired) electrons. The van der Waals surface area contributed by atoms with Gasteiger partial charge in [0, 0.05) is 16.6 Å². The number of rotatable bonds is 5. The summed E-state index contributed by atoms with van der Waals surface area (Å²) in [4.78, 5) is 35.0. The fourth-order valence-corrected chi connectivity index (χ4v) is 4.58. The molecule has 2 aliphatic rings. The topological polar surface area (TPSA) is 102 Å². The molecule has 2 N–H and O–H groups in total. The Morgan fingerprint density at radius 1 is 1.17 bits per heavy atom. The van der Waals surface area contributed by atoms with Gasteiger partial charge in [-0.15, -0.1) is 11.3 Å². The van der Waals surface area contributed by atoms with Crippen molar-refractivity contribution in [3.8, 4) is 11.5 Å². The van der Waals surface area contributed by atoms with Crippen LogP contribution in [0.3, 0.4) is 0 Å². The van der Waals surface area contributed by atoms with Crippen LogP contribution in [0.5, 0.6) is 11.5 Å². The Balaban J connectivity index is 1.25. The standard InChI is InChI=1S/C21H18N4O4S/c26-19(12-4-6-15-16(9-12)29-11-28-15)25-21-24-18-14(5-7-17(18)30-21)20(27)23-10-13-3-1-2-8-22-13/h1-4,6,8-9,14H,5,7,10-11H2,(H,23,27)(H,24,25,26)/t14-/m0/s1. The number of carbonyl (C=O) groups is 2. The zero-order valence-corrected chi connectivity index (χ0v) is 16.7. The predicted molar refractivity (Wildman–Crippen MR) is 110 cm³/mol. The Kier molecular flexibility index (Phi) is 4.80. The van der Waals surface area contributed by atoms with Crippen molar-refractivity contribution in [3.63, 3.8) is 0 Å². The number of hydrogen-bond acceptors (Lipinski definition) is 7. The maximum Gasteiger partial charge on any atom is 0.257 e. The molecule has 30 heavy (non-hydrogen) atoms. The van der Waals surface area contributed by atoms with Gasteiger partial charge in [0.05, 0.1) is 23.9 Å². The molecule has 3 heterocycles. The van der Waals surface area contributed by atoms with Gasteiger partial charge in [0.1, 0.15) is 0 Å². The van der Waals surface area contributed by atoms with Crippen molar-refractivity contribution >= 4 is 28.3 Å². The summed E-state index contributed by atoms with van der Waals surface area (Å²) in [5, 5.41) is 6.25. The first-order chi connectivity index (χ1) is 14.7. The molecule has 1 aromatic carbocycles. The minimum absolute atomic E-state index is 0.0710. The number of anilines is 1. The first-order valence-electron chi connectivity index (χ1n) is 9.55. The van der Waals surface area contributed by atoms with Gasteiger partial charge in [0.2, 0.25) is 12.7 Å². The number of aryl methyl sites for hydroxylation is 1. The third-order valence-electron chi connectivity index (χ3n) is 5.06. The van der Waals surface area contributed by atoms with Crippen LogP contribution in [0, 0.1) is 0 Å². The Morgan fingerprint density at radius 3 is 2.93 bits per heavy atom. The van der Waals surface area contributed by atoms with E-state index in [9.17, 15) is 9.59 Å². The lowest BCUT2D eigenvalue weighted by Crippen LogP contribution is -2.28. The van der Waals surface area contributed by atoms with Gasteiger partial charge in [-0.1, -0.05) is 6.07 Å². The summed E-state index contributed by atoms with van der Waals surface area (Å²) in [6.45, 7) is 0.534. The van der Waals surface area contributed by atoms with Crippen LogP contribution in [0.1, 0.15) is 39.0 Å². The molecule has 0 spiro atoms. The molecule has 1 aliphatic heterocycles. The Morgan fingerprint density at radius 2 is 2.07 bits per heavy atom. The number of hydrogen-bond donors (Lipinski definition) is 2. The highest BCUT2D eigenvalue weighted by Gasteiger charge is 2.32. The average Bonchev–Trinajstić information content (AvgIpc) is 3.47. The molecule has 0 saturated heterocycles. The SMILES string of the molecule is O=C(Nc1nc2c(s1)CC[C@@H]2C(=O)NCc1ccccn1)c1ccc2c(c1)OCO2. The summed E-state index contributed by atoms with van der Waals surface area (Å²) in [6, 6.07) is 10.6. The average molecular weight is 422 g/mol. The first-order valence-corrected chi connectivity index (χ1v) is 10.4. The van der Waals surface area contributed by atoms with Gasteiger partial charge in [-0.05, 0) is 43.2 Å². The highest BCUT2D eigenvalue weighted by Crippen LogP contribution is 2.39. The summed E-state index contributed by atoms with van der Waals surface area (Å²) in [5.41, 5.74) is 2.01. The molecule has 8 nitrogen and oxygen atoms in total. The lowest BCUT2D eigenvalue weighted by Gasteiger charge is -2.10. The highest BCUT2D eigenvalue weighted by molar-refractivity contribution is 7.16. The third kappa shape index (κ3) is 3.59. The van der Waals surface area contributed by atoms with Crippen LogP contribution in [0.4, 0.5) is 5.13 Å². The zero-order valence-electron chi connectivity index (χ0n) is 15.9. The maximum absolute atomic E-state index is 12.7. The second kappa shape index (κ2) is 7.75. The molecule has 3 aromatic rings. The smallest absolute Gasteiger partial charge is 0.257 e. The van der Waals surface area contributed by atoms with E-state index in [-0.39, 0.29) is 24.5 Å². The quantitative estimate of drug-likeness (QED) is 0.656. The molecule has 0 unspecified atom stereocenters. The number of pyridine rings is 1.